The second kappa shape index (κ2) is 9.22. The van der Waals surface area contributed by atoms with Crippen molar-refractivity contribution in [2.45, 2.75) is 64.0 Å². The second-order valence-corrected chi connectivity index (χ2v) is 9.01. The Morgan fingerprint density at radius 1 is 1.10 bits per heavy atom. The van der Waals surface area contributed by atoms with Crippen LogP contribution in [0.25, 0.3) is 0 Å². The van der Waals surface area contributed by atoms with Crippen molar-refractivity contribution < 1.29 is 14.6 Å². The van der Waals surface area contributed by atoms with Gasteiger partial charge in [-0.25, -0.2) is 0 Å². The van der Waals surface area contributed by atoms with Crippen LogP contribution in [0.1, 0.15) is 62.1 Å². The Labute approximate surface area is 179 Å². The van der Waals surface area contributed by atoms with Gasteiger partial charge in [0.2, 0.25) is 0 Å². The van der Waals surface area contributed by atoms with Gasteiger partial charge < -0.3 is 9.84 Å². The van der Waals surface area contributed by atoms with Crippen LogP contribution >= 0.6 is 0 Å². The number of ether oxygens (including phenoxy) is 1. The summed E-state index contributed by atoms with van der Waals surface area (Å²) in [6.45, 7) is 4.65. The first-order valence-corrected chi connectivity index (χ1v) is 11.3. The van der Waals surface area contributed by atoms with Crippen molar-refractivity contribution in [3.8, 4) is 5.75 Å². The third-order valence-corrected chi connectivity index (χ3v) is 6.97. The predicted octanol–water partition coefficient (Wildman–Crippen LogP) is 5.39. The van der Waals surface area contributed by atoms with Gasteiger partial charge in [-0.15, -0.1) is 0 Å². The zero-order valence-electron chi connectivity index (χ0n) is 18.0. The van der Waals surface area contributed by atoms with Crippen LogP contribution < -0.4 is 4.74 Å². The van der Waals surface area contributed by atoms with E-state index in [1.165, 1.54) is 48.8 Å². The van der Waals surface area contributed by atoms with Crippen molar-refractivity contribution in [2.75, 3.05) is 13.1 Å². The molecule has 4 rings (SSSR count). The van der Waals surface area contributed by atoms with Crippen LogP contribution in [-0.2, 0) is 23.4 Å². The van der Waals surface area contributed by atoms with E-state index in [0.29, 0.717) is 12.5 Å². The summed E-state index contributed by atoms with van der Waals surface area (Å²) in [5.74, 6) is 0.723. The summed E-state index contributed by atoms with van der Waals surface area (Å²) in [5.41, 5.74) is 3.65. The van der Waals surface area contributed by atoms with Crippen molar-refractivity contribution in [2.24, 2.45) is 5.92 Å². The minimum Gasteiger partial charge on any atom is -0.483 e. The first kappa shape index (κ1) is 20.9. The van der Waals surface area contributed by atoms with Gasteiger partial charge >= 0.3 is 5.97 Å². The van der Waals surface area contributed by atoms with Crippen LogP contribution in [-0.4, -0.2) is 29.1 Å². The van der Waals surface area contributed by atoms with E-state index >= 15 is 0 Å². The Hall–Kier alpha value is -2.33. The molecule has 1 unspecified atom stereocenters. The average molecular weight is 408 g/mol. The fraction of sp³-hybridized carbons (Fsp3) is 0.500. The van der Waals surface area contributed by atoms with Crippen LogP contribution in [0.3, 0.4) is 0 Å². The maximum Gasteiger partial charge on any atom is 0.304 e. The summed E-state index contributed by atoms with van der Waals surface area (Å²) in [4.78, 5) is 13.1. The molecule has 2 aromatic rings. The SMILES string of the molecule is CC(Oc1ccccc1)(c1ccc2c(c1)CCN(CCC(=O)O)C2)C1CCCCC1. The molecule has 1 N–H and O–H groups in total. The lowest BCUT2D eigenvalue weighted by Gasteiger charge is -2.41. The molecule has 0 aromatic heterocycles. The topological polar surface area (TPSA) is 49.8 Å². The van der Waals surface area contributed by atoms with Gasteiger partial charge in [-0.2, -0.15) is 0 Å². The van der Waals surface area contributed by atoms with E-state index in [1.54, 1.807) is 0 Å². The molecule has 1 aliphatic heterocycles. The van der Waals surface area contributed by atoms with E-state index in [0.717, 1.165) is 25.3 Å². The fourth-order valence-electron chi connectivity index (χ4n) is 5.13. The van der Waals surface area contributed by atoms with Gasteiger partial charge in [0.25, 0.3) is 0 Å². The molecule has 0 amide bonds. The van der Waals surface area contributed by atoms with Crippen LogP contribution in [0.2, 0.25) is 0 Å². The van der Waals surface area contributed by atoms with Crippen LogP contribution in [0.5, 0.6) is 5.75 Å². The molecule has 0 radical (unpaired) electrons. The molecule has 1 heterocycles. The molecule has 2 aliphatic rings. The van der Waals surface area contributed by atoms with Gasteiger partial charge in [-0.1, -0.05) is 55.7 Å². The van der Waals surface area contributed by atoms with Crippen molar-refractivity contribution >= 4 is 5.97 Å². The number of carboxylic acids is 1. The summed E-state index contributed by atoms with van der Waals surface area (Å²) in [6, 6.07) is 17.1. The number of aliphatic carboxylic acids is 1. The van der Waals surface area contributed by atoms with E-state index in [9.17, 15) is 4.79 Å². The smallest absolute Gasteiger partial charge is 0.304 e. The third kappa shape index (κ3) is 4.70. The minimum absolute atomic E-state index is 0.206. The number of nitrogens with zero attached hydrogens (tertiary/aromatic N) is 1. The number of rotatable bonds is 7. The number of benzene rings is 2. The maximum atomic E-state index is 10.9. The lowest BCUT2D eigenvalue weighted by Crippen LogP contribution is -2.40. The van der Waals surface area contributed by atoms with Crippen molar-refractivity contribution in [1.82, 2.24) is 4.90 Å². The number of carboxylic acid groups (broad SMARTS) is 1. The Morgan fingerprint density at radius 3 is 2.60 bits per heavy atom. The molecule has 1 atom stereocenters. The quantitative estimate of drug-likeness (QED) is 0.668. The molecule has 4 heteroatoms. The second-order valence-electron chi connectivity index (χ2n) is 9.01. The molecule has 1 saturated carbocycles. The molecule has 2 aromatic carbocycles. The van der Waals surface area contributed by atoms with Crippen LogP contribution in [0.15, 0.2) is 48.5 Å². The number of hydrogen-bond donors (Lipinski definition) is 1. The molecule has 1 aliphatic carbocycles. The third-order valence-electron chi connectivity index (χ3n) is 6.97. The molecule has 160 valence electrons. The monoisotopic (exact) mass is 407 g/mol. The zero-order valence-corrected chi connectivity index (χ0v) is 18.0. The highest BCUT2D eigenvalue weighted by molar-refractivity contribution is 5.66. The number of carbonyl (C=O) groups is 1. The van der Waals surface area contributed by atoms with E-state index in [4.69, 9.17) is 9.84 Å². The minimum atomic E-state index is -0.725. The van der Waals surface area contributed by atoms with E-state index in [2.05, 4.69) is 42.2 Å². The van der Waals surface area contributed by atoms with E-state index in [1.807, 2.05) is 18.2 Å². The average Bonchev–Trinajstić information content (AvgIpc) is 2.78. The van der Waals surface area contributed by atoms with Crippen molar-refractivity contribution in [1.29, 1.82) is 0 Å². The molecule has 0 saturated heterocycles. The first-order valence-electron chi connectivity index (χ1n) is 11.3. The highest BCUT2D eigenvalue weighted by atomic mass is 16.5. The zero-order chi connectivity index (χ0) is 21.0. The van der Waals surface area contributed by atoms with Gasteiger partial charge in [0.05, 0.1) is 6.42 Å². The first-order chi connectivity index (χ1) is 14.5. The van der Waals surface area contributed by atoms with Crippen molar-refractivity contribution in [3.63, 3.8) is 0 Å². The molecule has 0 spiro atoms. The van der Waals surface area contributed by atoms with Gasteiger partial charge in [0.15, 0.2) is 0 Å². The summed E-state index contributed by atoms with van der Waals surface area (Å²) < 4.78 is 6.73. The van der Waals surface area contributed by atoms with E-state index in [-0.39, 0.29) is 12.0 Å². The summed E-state index contributed by atoms with van der Waals surface area (Å²) >= 11 is 0. The summed E-state index contributed by atoms with van der Waals surface area (Å²) in [7, 11) is 0. The van der Waals surface area contributed by atoms with E-state index < -0.39 is 5.97 Å². The van der Waals surface area contributed by atoms with Gasteiger partial charge in [-0.05, 0) is 55.0 Å². The Morgan fingerprint density at radius 2 is 1.87 bits per heavy atom. The normalized spacial score (nSPS) is 19.6. The van der Waals surface area contributed by atoms with Gasteiger partial charge in [0, 0.05) is 25.6 Å². The molecular formula is C26H33NO3. The maximum absolute atomic E-state index is 10.9. The van der Waals surface area contributed by atoms with Crippen molar-refractivity contribution in [3.05, 3.63) is 65.2 Å². The van der Waals surface area contributed by atoms with Gasteiger partial charge in [0.1, 0.15) is 11.4 Å². The van der Waals surface area contributed by atoms with Gasteiger partial charge in [-0.3, -0.25) is 9.69 Å². The Bertz CT molecular complexity index is 860. The number of hydrogen-bond acceptors (Lipinski definition) is 3. The largest absolute Gasteiger partial charge is 0.483 e. The lowest BCUT2D eigenvalue weighted by molar-refractivity contribution is -0.137. The fourth-order valence-corrected chi connectivity index (χ4v) is 5.13. The molecule has 1 fully saturated rings. The predicted molar refractivity (Wildman–Crippen MR) is 119 cm³/mol. The Kier molecular flexibility index (Phi) is 6.43. The number of fused-ring (bicyclic) bond motifs is 1. The standard InChI is InChI=1S/C26H33NO3/c1-26(22-8-4-2-5-9-22,30-24-10-6-3-7-11-24)23-13-12-21-19-27(17-15-25(28)29)16-14-20(21)18-23/h3,6-7,10-13,18,22H,2,4-5,8-9,14-17,19H2,1H3,(H,28,29). The Balaban J connectivity index is 1.59. The number of para-hydroxylation sites is 1. The molecule has 30 heavy (non-hydrogen) atoms. The summed E-state index contributed by atoms with van der Waals surface area (Å²) in [6.07, 6.45) is 7.48. The lowest BCUT2D eigenvalue weighted by atomic mass is 9.73. The molecule has 0 bridgehead atoms. The molecular weight excluding hydrogens is 374 g/mol. The van der Waals surface area contributed by atoms with Crippen LogP contribution in [0, 0.1) is 5.92 Å². The summed E-state index contributed by atoms with van der Waals surface area (Å²) in [5, 5.41) is 8.97. The highest BCUT2D eigenvalue weighted by Gasteiger charge is 2.39. The van der Waals surface area contributed by atoms with Crippen LogP contribution in [0.4, 0.5) is 0 Å². The highest BCUT2D eigenvalue weighted by Crippen LogP contribution is 2.43. The molecule has 4 nitrogen and oxygen atoms in total.